The molecule has 0 aromatic heterocycles. The van der Waals surface area contributed by atoms with Crippen LogP contribution < -0.4 is 4.74 Å². The summed E-state index contributed by atoms with van der Waals surface area (Å²) in [6.45, 7) is 0. The first-order chi connectivity index (χ1) is 10.0. The molecule has 2 N–H and O–H groups in total. The topological polar surface area (TPSA) is 66.8 Å². The molecule has 110 valence electrons. The Balaban J connectivity index is 2.05. The van der Waals surface area contributed by atoms with Crippen LogP contribution in [-0.2, 0) is 6.42 Å². The molecule has 0 saturated carbocycles. The molecule has 0 bridgehead atoms. The Kier molecular flexibility index (Phi) is 5.07. The number of methoxy groups -OCH3 is 1. The van der Waals surface area contributed by atoms with Crippen LogP contribution in [0.3, 0.4) is 0 Å². The summed E-state index contributed by atoms with van der Waals surface area (Å²) in [5.74, 6) is 0.621. The molecule has 0 atom stereocenters. The van der Waals surface area contributed by atoms with E-state index in [4.69, 9.17) is 4.74 Å². The monoisotopic (exact) mass is 305 g/mol. The lowest BCUT2D eigenvalue weighted by atomic mass is 10.2. The lowest BCUT2D eigenvalue weighted by molar-refractivity contribution is 0.105. The molecule has 0 fully saturated rings. The van der Waals surface area contributed by atoms with Crippen LogP contribution in [0.1, 0.15) is 15.9 Å². The minimum Gasteiger partial charge on any atom is -0.497 e. The van der Waals surface area contributed by atoms with Crippen molar-refractivity contribution in [3.05, 3.63) is 65.7 Å². The smallest absolute Gasteiger partial charge is 0.356 e. The molecule has 0 aliphatic rings. The standard InChI is InChI=1S/C16H18O4P/c1-20-15-9-7-14(8-10-15)16(17)21(18,19)12-11-13-5-3-2-4-6-13/h2-10,18-19H,11-12H2,1H3/q+1. The highest BCUT2D eigenvalue weighted by atomic mass is 31.2. The van der Waals surface area contributed by atoms with Crippen molar-refractivity contribution in [2.24, 2.45) is 0 Å². The van der Waals surface area contributed by atoms with Gasteiger partial charge < -0.3 is 4.74 Å². The Labute approximate surface area is 124 Å². The van der Waals surface area contributed by atoms with E-state index >= 15 is 0 Å². The Bertz CT molecular complexity index is 593. The molecule has 0 amide bonds. The molecule has 0 spiro atoms. The Morgan fingerprint density at radius 2 is 1.67 bits per heavy atom. The van der Waals surface area contributed by atoms with Crippen LogP contribution in [0.15, 0.2) is 54.6 Å². The molecule has 21 heavy (non-hydrogen) atoms. The lowest BCUT2D eigenvalue weighted by Crippen LogP contribution is -2.11. The predicted octanol–water partition coefficient (Wildman–Crippen LogP) is 2.91. The Morgan fingerprint density at radius 3 is 2.24 bits per heavy atom. The maximum atomic E-state index is 12.2. The normalized spacial score (nSPS) is 11.2. The van der Waals surface area contributed by atoms with Crippen LogP contribution in [0, 0.1) is 0 Å². The van der Waals surface area contributed by atoms with E-state index in [2.05, 4.69) is 0 Å². The van der Waals surface area contributed by atoms with E-state index in [9.17, 15) is 14.6 Å². The van der Waals surface area contributed by atoms with E-state index in [0.717, 1.165) is 5.56 Å². The fourth-order valence-corrected chi connectivity index (χ4v) is 3.31. The van der Waals surface area contributed by atoms with Crippen LogP contribution in [0.25, 0.3) is 0 Å². The number of rotatable bonds is 6. The summed E-state index contributed by atoms with van der Waals surface area (Å²) >= 11 is 0. The summed E-state index contributed by atoms with van der Waals surface area (Å²) < 4.78 is 5.01. The summed E-state index contributed by atoms with van der Waals surface area (Å²) in [5.41, 5.74) is 0.677. The summed E-state index contributed by atoms with van der Waals surface area (Å²) in [4.78, 5) is 32.4. The first-order valence-electron chi connectivity index (χ1n) is 6.59. The second kappa shape index (κ2) is 6.81. The Hall–Kier alpha value is -1.74. The van der Waals surface area contributed by atoms with Crippen molar-refractivity contribution in [1.29, 1.82) is 0 Å². The summed E-state index contributed by atoms with van der Waals surface area (Å²) in [6.07, 6.45) is 0.519. The van der Waals surface area contributed by atoms with E-state index in [-0.39, 0.29) is 6.16 Å². The molecule has 0 radical (unpaired) electrons. The minimum absolute atomic E-state index is 0.0574. The molecule has 2 aromatic rings. The molecule has 0 saturated heterocycles. The highest BCUT2D eigenvalue weighted by Gasteiger charge is 2.44. The van der Waals surface area contributed by atoms with Crippen molar-refractivity contribution >= 4 is 13.2 Å². The van der Waals surface area contributed by atoms with Crippen molar-refractivity contribution in [3.8, 4) is 5.75 Å². The van der Waals surface area contributed by atoms with Crippen molar-refractivity contribution in [1.82, 2.24) is 0 Å². The quantitative estimate of drug-likeness (QED) is 0.805. The molecule has 0 aliphatic heterocycles. The van der Waals surface area contributed by atoms with Gasteiger partial charge in [-0.05, 0) is 29.8 Å². The zero-order valence-corrected chi connectivity index (χ0v) is 12.7. The zero-order valence-electron chi connectivity index (χ0n) is 11.8. The third-order valence-electron chi connectivity index (χ3n) is 3.22. The van der Waals surface area contributed by atoms with Gasteiger partial charge in [0.2, 0.25) is 0 Å². The zero-order chi connectivity index (χ0) is 15.3. The molecule has 5 heteroatoms. The van der Waals surface area contributed by atoms with Gasteiger partial charge >= 0.3 is 13.2 Å². The number of benzene rings is 2. The number of hydrogen-bond acceptors (Lipinski definition) is 4. The maximum absolute atomic E-state index is 12.2. The largest absolute Gasteiger partial charge is 0.497 e. The van der Waals surface area contributed by atoms with Gasteiger partial charge in [0.25, 0.3) is 0 Å². The van der Waals surface area contributed by atoms with Crippen molar-refractivity contribution in [2.75, 3.05) is 13.3 Å². The first-order valence-corrected chi connectivity index (χ1v) is 8.47. The van der Waals surface area contributed by atoms with Crippen molar-refractivity contribution in [2.45, 2.75) is 6.42 Å². The van der Waals surface area contributed by atoms with Gasteiger partial charge in [-0.2, -0.15) is 0 Å². The molecular formula is C16H18O4P+. The van der Waals surface area contributed by atoms with Gasteiger partial charge in [-0.1, -0.05) is 30.3 Å². The molecule has 4 nitrogen and oxygen atoms in total. The van der Waals surface area contributed by atoms with Crippen LogP contribution in [0.4, 0.5) is 0 Å². The fourth-order valence-electron chi connectivity index (χ4n) is 1.97. The second-order valence-electron chi connectivity index (χ2n) is 4.72. The third-order valence-corrected chi connectivity index (χ3v) is 4.97. The third kappa shape index (κ3) is 4.11. The van der Waals surface area contributed by atoms with Gasteiger partial charge in [-0.15, -0.1) is 0 Å². The van der Waals surface area contributed by atoms with Crippen molar-refractivity contribution < 1.29 is 19.3 Å². The van der Waals surface area contributed by atoms with Gasteiger partial charge in [0.1, 0.15) is 11.9 Å². The number of carbonyl (C=O) groups excluding carboxylic acids is 1. The van der Waals surface area contributed by atoms with Gasteiger partial charge in [-0.3, -0.25) is 0 Å². The molecular weight excluding hydrogens is 287 g/mol. The van der Waals surface area contributed by atoms with E-state index in [0.29, 0.717) is 17.7 Å². The van der Waals surface area contributed by atoms with Gasteiger partial charge in [0.15, 0.2) is 0 Å². The Morgan fingerprint density at radius 1 is 1.05 bits per heavy atom. The van der Waals surface area contributed by atoms with E-state index in [1.807, 2.05) is 30.3 Å². The first kappa shape index (κ1) is 15.6. The van der Waals surface area contributed by atoms with Crippen molar-refractivity contribution in [3.63, 3.8) is 0 Å². The summed E-state index contributed by atoms with van der Waals surface area (Å²) in [5, 5.41) is 0. The van der Waals surface area contributed by atoms with Crippen LogP contribution >= 0.6 is 7.72 Å². The predicted molar refractivity (Wildman–Crippen MR) is 83.7 cm³/mol. The average molecular weight is 305 g/mol. The minimum atomic E-state index is -3.62. The van der Waals surface area contributed by atoms with Gasteiger partial charge in [-0.25, -0.2) is 14.6 Å². The van der Waals surface area contributed by atoms with E-state index in [1.165, 1.54) is 7.11 Å². The maximum Gasteiger partial charge on any atom is 0.356 e. The van der Waals surface area contributed by atoms with E-state index < -0.39 is 13.2 Å². The number of hydrogen-bond donors (Lipinski definition) is 2. The number of carbonyl (C=O) groups is 1. The number of aryl methyl sites for hydroxylation is 1. The summed E-state index contributed by atoms with van der Waals surface area (Å²) in [7, 11) is -2.09. The molecule has 2 aromatic carbocycles. The fraction of sp³-hybridized carbons (Fsp3) is 0.188. The second-order valence-corrected chi connectivity index (χ2v) is 7.04. The highest BCUT2D eigenvalue weighted by molar-refractivity contribution is 7.81. The van der Waals surface area contributed by atoms with Crippen LogP contribution in [0.2, 0.25) is 0 Å². The summed E-state index contributed by atoms with van der Waals surface area (Å²) in [6, 6.07) is 15.8. The lowest BCUT2D eigenvalue weighted by Gasteiger charge is -2.11. The average Bonchev–Trinajstić information content (AvgIpc) is 2.53. The van der Waals surface area contributed by atoms with Crippen LogP contribution in [-0.4, -0.2) is 28.6 Å². The molecule has 2 rings (SSSR count). The van der Waals surface area contributed by atoms with Crippen LogP contribution in [0.5, 0.6) is 5.75 Å². The van der Waals surface area contributed by atoms with Gasteiger partial charge in [0, 0.05) is 6.42 Å². The SMILES string of the molecule is COc1ccc(C(=O)[P+](O)(O)CCc2ccccc2)cc1. The number of ether oxygens (including phenoxy) is 1. The molecule has 0 unspecified atom stereocenters. The molecule has 0 heterocycles. The highest BCUT2D eigenvalue weighted by Crippen LogP contribution is 2.53. The van der Waals surface area contributed by atoms with E-state index in [1.54, 1.807) is 24.3 Å². The van der Waals surface area contributed by atoms with Gasteiger partial charge in [0.05, 0.1) is 12.7 Å². The molecule has 0 aliphatic carbocycles.